The summed E-state index contributed by atoms with van der Waals surface area (Å²) < 4.78 is 6.74. The fourth-order valence-corrected chi connectivity index (χ4v) is 3.66. The predicted molar refractivity (Wildman–Crippen MR) is 107 cm³/mol. The lowest BCUT2D eigenvalue weighted by molar-refractivity contribution is -0.385. The smallest absolute Gasteiger partial charge is 0.312 e. The van der Waals surface area contributed by atoms with Crippen molar-refractivity contribution >= 4 is 33.1 Å². The highest BCUT2D eigenvalue weighted by Gasteiger charge is 2.18. The Hall–Kier alpha value is -3.78. The third-order valence-electron chi connectivity index (χ3n) is 4.06. The molecule has 4 aromatic rings. The zero-order valence-electron chi connectivity index (χ0n) is 14.4. The van der Waals surface area contributed by atoms with Crippen molar-refractivity contribution in [2.24, 2.45) is 5.73 Å². The molecular weight excluding hydrogens is 378 g/mol. The maximum Gasteiger partial charge on any atom is 0.312 e. The third kappa shape index (κ3) is 3.40. The molecule has 0 atom stereocenters. The van der Waals surface area contributed by atoms with E-state index in [-0.39, 0.29) is 17.0 Å². The van der Waals surface area contributed by atoms with Crippen molar-refractivity contribution in [2.75, 3.05) is 0 Å². The molecule has 0 saturated carbocycles. The summed E-state index contributed by atoms with van der Waals surface area (Å²) in [6.45, 7) is 0. The van der Waals surface area contributed by atoms with E-state index in [1.807, 2.05) is 36.4 Å². The van der Waals surface area contributed by atoms with Gasteiger partial charge < -0.3 is 10.5 Å². The van der Waals surface area contributed by atoms with Crippen molar-refractivity contribution in [2.45, 2.75) is 0 Å². The molecule has 4 rings (SSSR count). The Bertz CT molecular complexity index is 1170. The van der Waals surface area contributed by atoms with E-state index in [9.17, 15) is 14.9 Å². The Balaban J connectivity index is 1.61. The number of nitrogens with zero attached hydrogens (tertiary/aromatic N) is 2. The quantitative estimate of drug-likeness (QED) is 0.390. The molecule has 7 nitrogen and oxygen atoms in total. The molecule has 0 saturated heterocycles. The van der Waals surface area contributed by atoms with Gasteiger partial charge in [-0.25, -0.2) is 4.98 Å². The van der Waals surface area contributed by atoms with Crippen LogP contribution in [0.1, 0.15) is 10.4 Å². The predicted octanol–water partition coefficient (Wildman–Crippen LogP) is 4.76. The molecule has 0 aliphatic heterocycles. The van der Waals surface area contributed by atoms with E-state index in [1.54, 1.807) is 23.5 Å². The number of nitro groups is 1. The minimum Gasteiger partial charge on any atom is -0.450 e. The molecular formula is C20H13N3O4S. The first-order valence-electron chi connectivity index (χ1n) is 8.23. The van der Waals surface area contributed by atoms with Crippen LogP contribution < -0.4 is 10.5 Å². The van der Waals surface area contributed by atoms with Gasteiger partial charge in [-0.1, -0.05) is 12.1 Å². The minimum atomic E-state index is -0.741. The maximum absolute atomic E-state index is 11.3. The molecule has 0 aliphatic carbocycles. The summed E-state index contributed by atoms with van der Waals surface area (Å²) in [5.74, 6) is -0.280. The van der Waals surface area contributed by atoms with E-state index < -0.39 is 10.8 Å². The number of benzene rings is 3. The molecule has 0 unspecified atom stereocenters. The van der Waals surface area contributed by atoms with Gasteiger partial charge in [0.05, 0.1) is 15.1 Å². The molecule has 0 fully saturated rings. The van der Waals surface area contributed by atoms with Crippen molar-refractivity contribution in [3.8, 4) is 22.1 Å². The second kappa shape index (κ2) is 7.09. The SMILES string of the molecule is NC(=O)c1ccc(Oc2ccc(-c3nc4ccccc4s3)cc2)c([N+](=O)[O-])c1. The average molecular weight is 391 g/mol. The Morgan fingerprint density at radius 1 is 1.07 bits per heavy atom. The normalized spacial score (nSPS) is 10.7. The van der Waals surface area contributed by atoms with Gasteiger partial charge in [-0.3, -0.25) is 14.9 Å². The summed E-state index contributed by atoms with van der Waals surface area (Å²) in [5.41, 5.74) is 6.76. The van der Waals surface area contributed by atoms with E-state index in [1.165, 1.54) is 12.1 Å². The van der Waals surface area contributed by atoms with E-state index in [2.05, 4.69) is 4.98 Å². The van der Waals surface area contributed by atoms with Crippen LogP contribution in [0.2, 0.25) is 0 Å². The summed E-state index contributed by atoms with van der Waals surface area (Å²) >= 11 is 1.59. The van der Waals surface area contributed by atoms with Crippen molar-refractivity contribution in [3.63, 3.8) is 0 Å². The van der Waals surface area contributed by atoms with Crippen LogP contribution in [0.5, 0.6) is 11.5 Å². The maximum atomic E-state index is 11.3. The number of aromatic nitrogens is 1. The van der Waals surface area contributed by atoms with Crippen molar-refractivity contribution in [3.05, 3.63) is 82.4 Å². The average Bonchev–Trinajstić information content (AvgIpc) is 3.12. The summed E-state index contributed by atoms with van der Waals surface area (Å²) in [4.78, 5) is 26.5. The lowest BCUT2D eigenvalue weighted by Gasteiger charge is -2.07. The van der Waals surface area contributed by atoms with Crippen LogP contribution in [-0.4, -0.2) is 15.8 Å². The first kappa shape index (κ1) is 17.6. The number of ether oxygens (including phenoxy) is 1. The zero-order chi connectivity index (χ0) is 19.7. The van der Waals surface area contributed by atoms with Crippen LogP contribution >= 0.6 is 11.3 Å². The van der Waals surface area contributed by atoms with E-state index >= 15 is 0 Å². The molecule has 138 valence electrons. The van der Waals surface area contributed by atoms with Gasteiger partial charge in [-0.2, -0.15) is 0 Å². The first-order valence-corrected chi connectivity index (χ1v) is 9.05. The van der Waals surface area contributed by atoms with Crippen LogP contribution in [0.4, 0.5) is 5.69 Å². The number of rotatable bonds is 5. The van der Waals surface area contributed by atoms with Gasteiger partial charge in [-0.15, -0.1) is 11.3 Å². The monoisotopic (exact) mass is 391 g/mol. The van der Waals surface area contributed by atoms with Crippen molar-refractivity contribution in [1.82, 2.24) is 4.98 Å². The summed E-state index contributed by atoms with van der Waals surface area (Å²) in [5, 5.41) is 12.2. The lowest BCUT2D eigenvalue weighted by Crippen LogP contribution is -2.11. The highest BCUT2D eigenvalue weighted by atomic mass is 32.1. The number of carbonyl (C=O) groups excluding carboxylic acids is 1. The van der Waals surface area contributed by atoms with Gasteiger partial charge in [0.25, 0.3) is 0 Å². The van der Waals surface area contributed by atoms with Gasteiger partial charge >= 0.3 is 5.69 Å². The Morgan fingerprint density at radius 3 is 2.50 bits per heavy atom. The molecule has 1 heterocycles. The minimum absolute atomic E-state index is 0.0303. The van der Waals surface area contributed by atoms with Crippen LogP contribution in [0.15, 0.2) is 66.7 Å². The van der Waals surface area contributed by atoms with Crippen molar-refractivity contribution in [1.29, 1.82) is 0 Å². The number of fused-ring (bicyclic) bond motifs is 1. The number of hydrogen-bond acceptors (Lipinski definition) is 6. The first-order chi connectivity index (χ1) is 13.5. The Morgan fingerprint density at radius 2 is 1.82 bits per heavy atom. The molecule has 0 aliphatic rings. The number of amides is 1. The highest BCUT2D eigenvalue weighted by molar-refractivity contribution is 7.21. The molecule has 28 heavy (non-hydrogen) atoms. The molecule has 1 aromatic heterocycles. The largest absolute Gasteiger partial charge is 0.450 e. The van der Waals surface area contributed by atoms with Crippen molar-refractivity contribution < 1.29 is 14.5 Å². The van der Waals surface area contributed by atoms with Crippen LogP contribution in [0, 0.1) is 10.1 Å². The number of nitrogens with two attached hydrogens (primary N) is 1. The van der Waals surface area contributed by atoms with Crippen LogP contribution in [0.25, 0.3) is 20.8 Å². The molecule has 0 spiro atoms. The Labute approximate surface area is 163 Å². The van der Waals surface area contributed by atoms with Crippen LogP contribution in [-0.2, 0) is 0 Å². The zero-order valence-corrected chi connectivity index (χ0v) is 15.2. The number of para-hydroxylation sites is 1. The van der Waals surface area contributed by atoms with E-state index in [0.29, 0.717) is 5.75 Å². The van der Waals surface area contributed by atoms with Gasteiger partial charge in [0.15, 0.2) is 0 Å². The third-order valence-corrected chi connectivity index (χ3v) is 5.15. The van der Waals surface area contributed by atoms with E-state index in [0.717, 1.165) is 26.9 Å². The van der Waals surface area contributed by atoms with Gasteiger partial charge in [0, 0.05) is 17.2 Å². The number of nitro benzene ring substituents is 1. The summed E-state index contributed by atoms with van der Waals surface area (Å²) in [7, 11) is 0. The topological polar surface area (TPSA) is 108 Å². The standard InChI is InChI=1S/C20H13N3O4S/c21-19(24)13-7-10-17(16(11-13)23(25)26)27-14-8-5-12(6-9-14)20-22-15-3-1-2-4-18(15)28-20/h1-11H,(H2,21,24). The van der Waals surface area contributed by atoms with E-state index in [4.69, 9.17) is 10.5 Å². The van der Waals surface area contributed by atoms with Gasteiger partial charge in [0.2, 0.25) is 11.7 Å². The fraction of sp³-hybridized carbons (Fsp3) is 0. The number of hydrogen-bond donors (Lipinski definition) is 1. The second-order valence-electron chi connectivity index (χ2n) is 5.92. The molecule has 8 heteroatoms. The summed E-state index contributed by atoms with van der Waals surface area (Å²) in [6, 6.07) is 18.9. The highest BCUT2D eigenvalue weighted by Crippen LogP contribution is 2.34. The molecule has 0 bridgehead atoms. The molecule has 2 N–H and O–H groups in total. The lowest BCUT2D eigenvalue weighted by atomic mass is 10.2. The Kier molecular flexibility index (Phi) is 4.46. The second-order valence-corrected chi connectivity index (χ2v) is 6.95. The molecule has 0 radical (unpaired) electrons. The molecule has 3 aromatic carbocycles. The van der Waals surface area contributed by atoms with Gasteiger partial charge in [-0.05, 0) is 48.5 Å². The number of thiazole rings is 1. The summed E-state index contributed by atoms with van der Waals surface area (Å²) in [6.07, 6.45) is 0. The number of carbonyl (C=O) groups is 1. The van der Waals surface area contributed by atoms with Crippen LogP contribution in [0.3, 0.4) is 0 Å². The number of primary amides is 1. The fourth-order valence-electron chi connectivity index (χ4n) is 2.69. The molecule has 1 amide bonds. The van der Waals surface area contributed by atoms with Gasteiger partial charge in [0.1, 0.15) is 10.8 Å².